The first-order chi connectivity index (χ1) is 14.8. The lowest BCUT2D eigenvalue weighted by molar-refractivity contribution is -0.178. The smallest absolute Gasteiger partial charge is 0.350 e. The van der Waals surface area contributed by atoms with Crippen LogP contribution in [0.25, 0.3) is 0 Å². The minimum absolute atomic E-state index is 0.192. The monoisotopic (exact) mass is 462 g/mol. The summed E-state index contributed by atoms with van der Waals surface area (Å²) in [5.41, 5.74) is -0.634. The Balaban J connectivity index is 2.12. The highest BCUT2D eigenvalue weighted by atomic mass is 35.5. The van der Waals surface area contributed by atoms with E-state index in [2.05, 4.69) is 0 Å². The zero-order valence-electron chi connectivity index (χ0n) is 19.4. The van der Waals surface area contributed by atoms with Gasteiger partial charge in [0.25, 0.3) is 0 Å². The fourth-order valence-electron chi connectivity index (χ4n) is 2.95. The van der Waals surface area contributed by atoms with Gasteiger partial charge in [0.15, 0.2) is 5.60 Å². The van der Waals surface area contributed by atoms with Crippen LogP contribution >= 0.6 is 11.6 Å². The van der Waals surface area contributed by atoms with E-state index in [-0.39, 0.29) is 13.0 Å². The Kier molecular flexibility index (Phi) is 8.18. The summed E-state index contributed by atoms with van der Waals surface area (Å²) in [5.74, 6) is -0.574. The van der Waals surface area contributed by atoms with Crippen LogP contribution in [0.5, 0.6) is 11.5 Å². The Bertz CT molecular complexity index is 949. The second-order valence-electron chi connectivity index (χ2n) is 8.89. The zero-order valence-corrected chi connectivity index (χ0v) is 20.2. The van der Waals surface area contributed by atoms with Gasteiger partial charge in [-0.1, -0.05) is 23.7 Å². The normalized spacial score (nSPS) is 12.7. The van der Waals surface area contributed by atoms with Crippen LogP contribution in [0.15, 0.2) is 42.5 Å². The molecule has 7 heteroatoms. The summed E-state index contributed by atoms with van der Waals surface area (Å²) in [5, 5.41) is 10.3. The molecule has 174 valence electrons. The Hall–Kier alpha value is -2.73. The van der Waals surface area contributed by atoms with Crippen molar-refractivity contribution < 1.29 is 28.9 Å². The molecule has 2 aromatic carbocycles. The average Bonchev–Trinajstić information content (AvgIpc) is 2.71. The number of hydrogen-bond acceptors (Lipinski definition) is 5. The number of carbonyl (C=O) groups excluding carboxylic acids is 1. The van der Waals surface area contributed by atoms with Crippen molar-refractivity contribution in [3.63, 3.8) is 0 Å². The largest absolute Gasteiger partial charge is 0.493 e. The van der Waals surface area contributed by atoms with E-state index in [9.17, 15) is 14.7 Å². The van der Waals surface area contributed by atoms with Crippen molar-refractivity contribution in [3.05, 3.63) is 58.6 Å². The molecule has 2 rings (SSSR count). The molecule has 0 fully saturated rings. The lowest BCUT2D eigenvalue weighted by Crippen LogP contribution is -2.47. The number of aryl methyl sites for hydroxylation is 2. The van der Waals surface area contributed by atoms with E-state index >= 15 is 0 Å². The van der Waals surface area contributed by atoms with Gasteiger partial charge in [-0.25, -0.2) is 4.79 Å². The number of hydrogen-bond donors (Lipinski definition) is 1. The first-order valence-electron chi connectivity index (χ1n) is 10.4. The third-order valence-electron chi connectivity index (χ3n) is 5.26. The van der Waals surface area contributed by atoms with Crippen LogP contribution in [0.4, 0.5) is 0 Å². The van der Waals surface area contributed by atoms with Crippen LogP contribution < -0.4 is 9.47 Å². The van der Waals surface area contributed by atoms with Gasteiger partial charge < -0.3 is 19.3 Å². The molecule has 0 saturated carbocycles. The molecular weight excluding hydrogens is 432 g/mol. The van der Waals surface area contributed by atoms with Crippen LogP contribution in [0.1, 0.15) is 45.2 Å². The molecule has 0 saturated heterocycles. The molecule has 32 heavy (non-hydrogen) atoms. The van der Waals surface area contributed by atoms with Crippen LogP contribution in [-0.4, -0.2) is 35.4 Å². The second kappa shape index (κ2) is 10.3. The fourth-order valence-corrected chi connectivity index (χ4v) is 3.08. The summed E-state index contributed by atoms with van der Waals surface area (Å²) in [6.45, 7) is 10.3. The van der Waals surface area contributed by atoms with E-state index in [0.717, 1.165) is 16.9 Å². The highest BCUT2D eigenvalue weighted by Crippen LogP contribution is 2.30. The molecule has 0 heterocycles. The maximum atomic E-state index is 12.9. The Morgan fingerprint density at radius 2 is 1.66 bits per heavy atom. The summed E-state index contributed by atoms with van der Waals surface area (Å²) in [4.78, 5) is 24.8. The van der Waals surface area contributed by atoms with E-state index in [1.807, 2.05) is 32.0 Å². The predicted molar refractivity (Wildman–Crippen MR) is 123 cm³/mol. The Morgan fingerprint density at radius 3 is 2.25 bits per heavy atom. The van der Waals surface area contributed by atoms with Crippen LogP contribution in [0.3, 0.4) is 0 Å². The van der Waals surface area contributed by atoms with E-state index in [1.54, 1.807) is 38.1 Å². The van der Waals surface area contributed by atoms with Crippen LogP contribution in [0, 0.1) is 19.3 Å². The number of halogens is 1. The molecule has 0 aliphatic rings. The lowest BCUT2D eigenvalue weighted by atomic mass is 9.84. The van der Waals surface area contributed by atoms with E-state index < -0.39 is 29.1 Å². The molecule has 6 nitrogen and oxygen atoms in total. The third-order valence-corrected chi connectivity index (χ3v) is 5.52. The highest BCUT2D eigenvalue weighted by molar-refractivity contribution is 6.30. The summed E-state index contributed by atoms with van der Waals surface area (Å²) in [6.07, 6.45) is -0.721. The minimum Gasteiger partial charge on any atom is -0.493 e. The van der Waals surface area contributed by atoms with Crippen molar-refractivity contribution in [1.29, 1.82) is 0 Å². The number of aliphatic carboxylic acids is 1. The standard InChI is InChI=1S/C25H31ClO6/c1-16-7-8-17(2)20(15-16)30-14-13-21(24(3,4)22(27)28)31-23(29)25(5,6)32-19-11-9-18(26)10-12-19/h7-12,15,21H,13-14H2,1-6H3,(H,27,28). The van der Waals surface area contributed by atoms with Crippen molar-refractivity contribution in [1.82, 2.24) is 0 Å². The number of rotatable bonds is 10. The van der Waals surface area contributed by atoms with Gasteiger partial charge in [-0.05, 0) is 83.0 Å². The predicted octanol–water partition coefficient (Wildman–Crippen LogP) is 5.61. The number of carboxylic acids is 1. The molecule has 1 unspecified atom stereocenters. The second-order valence-corrected chi connectivity index (χ2v) is 9.33. The van der Waals surface area contributed by atoms with Gasteiger partial charge in [0, 0.05) is 11.4 Å². The molecule has 2 aromatic rings. The molecule has 0 aliphatic carbocycles. The number of carbonyl (C=O) groups is 2. The van der Waals surface area contributed by atoms with Crippen molar-refractivity contribution in [2.45, 2.75) is 59.7 Å². The maximum absolute atomic E-state index is 12.9. The van der Waals surface area contributed by atoms with Gasteiger partial charge in [0.05, 0.1) is 12.0 Å². The molecule has 0 aromatic heterocycles. The summed E-state index contributed by atoms with van der Waals surface area (Å²) >= 11 is 5.89. The zero-order chi connectivity index (χ0) is 24.1. The van der Waals surface area contributed by atoms with E-state index in [1.165, 1.54) is 13.8 Å². The SMILES string of the molecule is Cc1ccc(C)c(OCCC(OC(=O)C(C)(C)Oc2ccc(Cl)cc2)C(C)(C)C(=O)O)c1. The first kappa shape index (κ1) is 25.5. The third kappa shape index (κ3) is 6.63. The first-order valence-corrected chi connectivity index (χ1v) is 10.8. The number of ether oxygens (including phenoxy) is 3. The Morgan fingerprint density at radius 1 is 1.03 bits per heavy atom. The average molecular weight is 463 g/mol. The van der Waals surface area contributed by atoms with Gasteiger partial charge >= 0.3 is 11.9 Å². The minimum atomic E-state index is -1.34. The van der Waals surface area contributed by atoms with Crippen molar-refractivity contribution in [3.8, 4) is 11.5 Å². The molecule has 0 spiro atoms. The molecule has 0 radical (unpaired) electrons. The van der Waals surface area contributed by atoms with Gasteiger partial charge in [-0.3, -0.25) is 4.79 Å². The fraction of sp³-hybridized carbons (Fsp3) is 0.440. The van der Waals surface area contributed by atoms with Gasteiger partial charge in [-0.2, -0.15) is 0 Å². The topological polar surface area (TPSA) is 82.1 Å². The molecule has 0 aliphatic heterocycles. The maximum Gasteiger partial charge on any atom is 0.350 e. The van der Waals surface area contributed by atoms with Crippen molar-refractivity contribution >= 4 is 23.5 Å². The van der Waals surface area contributed by atoms with E-state index in [4.69, 9.17) is 25.8 Å². The molecule has 0 bridgehead atoms. The summed E-state index contributed by atoms with van der Waals surface area (Å²) in [6, 6.07) is 12.5. The highest BCUT2D eigenvalue weighted by Gasteiger charge is 2.43. The molecule has 1 atom stereocenters. The molecule has 1 N–H and O–H groups in total. The summed E-state index contributed by atoms with van der Waals surface area (Å²) in [7, 11) is 0. The van der Waals surface area contributed by atoms with Gasteiger partial charge in [0.1, 0.15) is 17.6 Å². The van der Waals surface area contributed by atoms with Crippen LogP contribution in [0.2, 0.25) is 5.02 Å². The van der Waals surface area contributed by atoms with Crippen molar-refractivity contribution in [2.24, 2.45) is 5.41 Å². The molecular formula is C25H31ClO6. The number of carboxylic acid groups (broad SMARTS) is 1. The molecule has 0 amide bonds. The lowest BCUT2D eigenvalue weighted by Gasteiger charge is -2.33. The number of benzene rings is 2. The summed E-state index contributed by atoms with van der Waals surface area (Å²) < 4.78 is 17.3. The van der Waals surface area contributed by atoms with Crippen molar-refractivity contribution in [2.75, 3.05) is 6.61 Å². The van der Waals surface area contributed by atoms with Crippen LogP contribution in [-0.2, 0) is 14.3 Å². The quantitative estimate of drug-likeness (QED) is 0.462. The van der Waals surface area contributed by atoms with Gasteiger partial charge in [-0.15, -0.1) is 0 Å². The Labute approximate surface area is 194 Å². The van der Waals surface area contributed by atoms with Gasteiger partial charge in [0.2, 0.25) is 0 Å². The van der Waals surface area contributed by atoms with E-state index in [0.29, 0.717) is 10.8 Å². The number of esters is 1.